The number of anilines is 2. The SMILES string of the molecule is O=C(NCCN1CCCc2ccccc21)Nc1ccccc1-c1ccccc1. The quantitative estimate of drug-likeness (QED) is 0.668. The molecule has 4 rings (SSSR count). The Bertz CT molecular complexity index is 939. The summed E-state index contributed by atoms with van der Waals surface area (Å²) in [5, 5.41) is 5.99. The molecule has 4 nitrogen and oxygen atoms in total. The first-order valence-electron chi connectivity index (χ1n) is 9.83. The van der Waals surface area contributed by atoms with Crippen molar-refractivity contribution in [3.05, 3.63) is 84.4 Å². The van der Waals surface area contributed by atoms with Crippen molar-refractivity contribution in [1.82, 2.24) is 5.32 Å². The lowest BCUT2D eigenvalue weighted by atomic mass is 10.0. The maximum absolute atomic E-state index is 12.4. The topological polar surface area (TPSA) is 44.4 Å². The van der Waals surface area contributed by atoms with Crippen molar-refractivity contribution in [2.24, 2.45) is 0 Å². The average Bonchev–Trinajstić information content (AvgIpc) is 2.75. The van der Waals surface area contributed by atoms with Crippen molar-refractivity contribution in [1.29, 1.82) is 0 Å². The normalized spacial score (nSPS) is 12.9. The van der Waals surface area contributed by atoms with Crippen LogP contribution in [0.25, 0.3) is 11.1 Å². The van der Waals surface area contributed by atoms with Crippen LogP contribution in [0.5, 0.6) is 0 Å². The largest absolute Gasteiger partial charge is 0.370 e. The predicted octanol–water partition coefficient (Wildman–Crippen LogP) is 4.93. The highest BCUT2D eigenvalue weighted by Gasteiger charge is 2.16. The van der Waals surface area contributed by atoms with Gasteiger partial charge in [0.25, 0.3) is 0 Å². The third-order valence-electron chi connectivity index (χ3n) is 5.13. The highest BCUT2D eigenvalue weighted by Crippen LogP contribution is 2.28. The molecule has 2 N–H and O–H groups in total. The van der Waals surface area contributed by atoms with Crippen LogP contribution in [0.4, 0.5) is 16.2 Å². The van der Waals surface area contributed by atoms with E-state index in [0.29, 0.717) is 6.54 Å². The second kappa shape index (κ2) is 8.61. The van der Waals surface area contributed by atoms with Crippen molar-refractivity contribution in [3.8, 4) is 11.1 Å². The lowest BCUT2D eigenvalue weighted by Gasteiger charge is -2.31. The van der Waals surface area contributed by atoms with Crippen molar-refractivity contribution < 1.29 is 4.79 Å². The number of amides is 2. The molecule has 0 unspecified atom stereocenters. The van der Waals surface area contributed by atoms with E-state index in [9.17, 15) is 4.79 Å². The molecule has 1 aliphatic rings. The molecular weight excluding hydrogens is 346 g/mol. The summed E-state index contributed by atoms with van der Waals surface area (Å²) in [6.07, 6.45) is 2.30. The summed E-state index contributed by atoms with van der Waals surface area (Å²) in [4.78, 5) is 14.8. The highest BCUT2D eigenvalue weighted by molar-refractivity contribution is 5.94. The minimum absolute atomic E-state index is 0.173. The van der Waals surface area contributed by atoms with Crippen LogP contribution in [0, 0.1) is 0 Å². The molecule has 0 radical (unpaired) electrons. The molecule has 142 valence electrons. The Morgan fingerprint density at radius 1 is 0.893 bits per heavy atom. The smallest absolute Gasteiger partial charge is 0.319 e. The van der Waals surface area contributed by atoms with Crippen LogP contribution >= 0.6 is 0 Å². The Kier molecular flexibility index (Phi) is 5.57. The van der Waals surface area contributed by atoms with Crippen LogP contribution in [0.1, 0.15) is 12.0 Å². The number of nitrogens with zero attached hydrogens (tertiary/aromatic N) is 1. The maximum atomic E-state index is 12.4. The molecule has 1 aliphatic heterocycles. The summed E-state index contributed by atoms with van der Waals surface area (Å²) in [6, 6.07) is 26.3. The first-order chi connectivity index (χ1) is 13.8. The number of urea groups is 1. The van der Waals surface area contributed by atoms with Gasteiger partial charge in [-0.1, -0.05) is 66.7 Å². The number of benzene rings is 3. The second-order valence-electron chi connectivity index (χ2n) is 7.01. The average molecular weight is 371 g/mol. The fourth-order valence-corrected chi connectivity index (χ4v) is 3.78. The van der Waals surface area contributed by atoms with Gasteiger partial charge in [-0.3, -0.25) is 0 Å². The van der Waals surface area contributed by atoms with Crippen LogP contribution in [0.15, 0.2) is 78.9 Å². The molecule has 0 atom stereocenters. The van der Waals surface area contributed by atoms with E-state index in [1.54, 1.807) is 0 Å². The van der Waals surface area contributed by atoms with Gasteiger partial charge in [0.15, 0.2) is 0 Å². The van der Waals surface area contributed by atoms with Crippen LogP contribution in [0.2, 0.25) is 0 Å². The molecule has 0 aromatic heterocycles. The van der Waals surface area contributed by atoms with Gasteiger partial charge in [-0.25, -0.2) is 4.79 Å². The Labute approximate surface area is 166 Å². The molecule has 28 heavy (non-hydrogen) atoms. The first kappa shape index (κ1) is 18.1. The van der Waals surface area contributed by atoms with E-state index in [2.05, 4.69) is 39.8 Å². The van der Waals surface area contributed by atoms with Gasteiger partial charge in [0.1, 0.15) is 0 Å². The van der Waals surface area contributed by atoms with Crippen molar-refractivity contribution in [2.45, 2.75) is 12.8 Å². The fraction of sp³-hybridized carbons (Fsp3) is 0.208. The van der Waals surface area contributed by atoms with E-state index in [-0.39, 0.29) is 6.03 Å². The van der Waals surface area contributed by atoms with E-state index >= 15 is 0 Å². The van der Waals surface area contributed by atoms with Gasteiger partial charge in [-0.2, -0.15) is 0 Å². The van der Waals surface area contributed by atoms with Crippen molar-refractivity contribution in [3.63, 3.8) is 0 Å². The molecule has 1 heterocycles. The van der Waals surface area contributed by atoms with Gasteiger partial charge >= 0.3 is 6.03 Å². The van der Waals surface area contributed by atoms with Gasteiger partial charge in [-0.05, 0) is 36.1 Å². The lowest BCUT2D eigenvalue weighted by molar-refractivity contribution is 0.252. The fourth-order valence-electron chi connectivity index (χ4n) is 3.78. The molecule has 3 aromatic carbocycles. The summed E-state index contributed by atoms with van der Waals surface area (Å²) < 4.78 is 0. The van der Waals surface area contributed by atoms with Gasteiger partial charge in [0.05, 0.1) is 5.69 Å². The number of hydrogen-bond donors (Lipinski definition) is 2. The molecule has 0 aliphatic carbocycles. The molecule has 0 fully saturated rings. The summed E-state index contributed by atoms with van der Waals surface area (Å²) >= 11 is 0. The van der Waals surface area contributed by atoms with Crippen LogP contribution < -0.4 is 15.5 Å². The lowest BCUT2D eigenvalue weighted by Crippen LogP contribution is -2.39. The number of rotatable bonds is 5. The number of fused-ring (bicyclic) bond motifs is 1. The third-order valence-corrected chi connectivity index (χ3v) is 5.13. The number of aryl methyl sites for hydroxylation is 1. The minimum Gasteiger partial charge on any atom is -0.370 e. The zero-order valence-corrected chi connectivity index (χ0v) is 15.9. The van der Waals surface area contributed by atoms with E-state index in [1.807, 2.05) is 54.6 Å². The molecule has 0 bridgehead atoms. The molecule has 0 saturated heterocycles. The molecular formula is C24H25N3O. The van der Waals surface area contributed by atoms with E-state index in [0.717, 1.165) is 42.7 Å². The Hall–Kier alpha value is -3.27. The van der Waals surface area contributed by atoms with E-state index in [1.165, 1.54) is 11.3 Å². The molecule has 0 spiro atoms. The predicted molar refractivity (Wildman–Crippen MR) is 116 cm³/mol. The Morgan fingerprint density at radius 3 is 2.54 bits per heavy atom. The number of carbonyl (C=O) groups is 1. The van der Waals surface area contributed by atoms with Crippen LogP contribution in [-0.2, 0) is 6.42 Å². The summed E-state index contributed by atoms with van der Waals surface area (Å²) in [6.45, 7) is 2.45. The number of nitrogens with one attached hydrogen (secondary N) is 2. The van der Waals surface area contributed by atoms with Gasteiger partial charge in [0, 0.05) is 30.9 Å². The summed E-state index contributed by atoms with van der Waals surface area (Å²) in [5.74, 6) is 0. The zero-order chi connectivity index (χ0) is 19.2. The highest BCUT2D eigenvalue weighted by atomic mass is 16.2. The monoisotopic (exact) mass is 371 g/mol. The number of carbonyl (C=O) groups excluding carboxylic acids is 1. The van der Waals surface area contributed by atoms with Gasteiger partial charge in [-0.15, -0.1) is 0 Å². The maximum Gasteiger partial charge on any atom is 0.319 e. The summed E-state index contributed by atoms with van der Waals surface area (Å²) in [5.41, 5.74) is 5.61. The van der Waals surface area contributed by atoms with E-state index in [4.69, 9.17) is 0 Å². The van der Waals surface area contributed by atoms with Crippen molar-refractivity contribution >= 4 is 17.4 Å². The Balaban J connectivity index is 1.35. The first-order valence-corrected chi connectivity index (χ1v) is 9.83. The molecule has 3 aromatic rings. The molecule has 4 heteroatoms. The minimum atomic E-state index is -0.173. The zero-order valence-electron chi connectivity index (χ0n) is 15.9. The van der Waals surface area contributed by atoms with Crippen molar-refractivity contribution in [2.75, 3.05) is 29.9 Å². The molecule has 2 amide bonds. The molecule has 0 saturated carbocycles. The Morgan fingerprint density at radius 2 is 1.64 bits per heavy atom. The summed E-state index contributed by atoms with van der Waals surface area (Å²) in [7, 11) is 0. The number of para-hydroxylation sites is 2. The van der Waals surface area contributed by atoms with Crippen LogP contribution in [-0.4, -0.2) is 25.7 Å². The van der Waals surface area contributed by atoms with Gasteiger partial charge in [0.2, 0.25) is 0 Å². The second-order valence-corrected chi connectivity index (χ2v) is 7.01. The number of hydrogen-bond acceptors (Lipinski definition) is 2. The van der Waals surface area contributed by atoms with Crippen LogP contribution in [0.3, 0.4) is 0 Å². The third kappa shape index (κ3) is 4.17. The van der Waals surface area contributed by atoms with E-state index < -0.39 is 0 Å². The standard InChI is InChI=1S/C24H25N3O/c28-24(25-16-18-27-17-8-12-20-11-4-7-15-23(20)27)26-22-14-6-5-13-21(22)19-9-2-1-3-10-19/h1-7,9-11,13-15H,8,12,16-18H2,(H2,25,26,28). The van der Waals surface area contributed by atoms with Gasteiger partial charge < -0.3 is 15.5 Å².